The summed E-state index contributed by atoms with van der Waals surface area (Å²) in [5.41, 5.74) is 0. The van der Waals surface area contributed by atoms with Crippen LogP contribution in [-0.2, 0) is 19.6 Å². The molecule has 2 heterocycles. The quantitative estimate of drug-likeness (QED) is 0.703. The van der Waals surface area contributed by atoms with Crippen molar-refractivity contribution < 1.29 is 0 Å². The second kappa shape index (κ2) is 7.74. The Balaban J connectivity index is 1.57. The zero-order valence-electron chi connectivity index (χ0n) is 11.6. The van der Waals surface area contributed by atoms with Gasteiger partial charge in [0.25, 0.3) is 0 Å². The van der Waals surface area contributed by atoms with Gasteiger partial charge in [0, 0.05) is 37.9 Å². The maximum Gasteiger partial charge on any atom is 0.122 e. The molecule has 5 heteroatoms. The Morgan fingerprint density at radius 3 is 2.89 bits per heavy atom. The lowest BCUT2D eigenvalue weighted by atomic mass is 10.3. The molecule has 0 fully saturated rings. The van der Waals surface area contributed by atoms with Gasteiger partial charge in [-0.15, -0.1) is 0 Å². The van der Waals surface area contributed by atoms with Gasteiger partial charge in [-0.1, -0.05) is 6.92 Å². The average molecular weight is 261 g/mol. The summed E-state index contributed by atoms with van der Waals surface area (Å²) in [7, 11) is 0. The fourth-order valence-electron chi connectivity index (χ4n) is 2.12. The molecule has 0 amide bonds. The van der Waals surface area contributed by atoms with Gasteiger partial charge in [0.1, 0.15) is 5.82 Å². The molecule has 0 atom stereocenters. The SMILES string of the molecule is CCCn1ccnc1CNCCCCn1ccnc1. The first-order valence-electron chi connectivity index (χ1n) is 7.06. The Hall–Kier alpha value is -1.62. The maximum absolute atomic E-state index is 4.38. The lowest BCUT2D eigenvalue weighted by Gasteiger charge is -2.08. The smallest absolute Gasteiger partial charge is 0.122 e. The van der Waals surface area contributed by atoms with Crippen molar-refractivity contribution >= 4 is 0 Å². The van der Waals surface area contributed by atoms with Crippen LogP contribution in [0.15, 0.2) is 31.1 Å². The van der Waals surface area contributed by atoms with Gasteiger partial charge in [-0.3, -0.25) is 0 Å². The van der Waals surface area contributed by atoms with Crippen LogP contribution in [0.4, 0.5) is 0 Å². The molecule has 1 N–H and O–H groups in total. The van der Waals surface area contributed by atoms with E-state index in [-0.39, 0.29) is 0 Å². The van der Waals surface area contributed by atoms with E-state index in [1.807, 2.05) is 24.9 Å². The first kappa shape index (κ1) is 13.8. The minimum absolute atomic E-state index is 0.859. The number of aryl methyl sites for hydroxylation is 2. The molecule has 0 spiro atoms. The van der Waals surface area contributed by atoms with E-state index in [4.69, 9.17) is 0 Å². The molecule has 0 saturated carbocycles. The van der Waals surface area contributed by atoms with Gasteiger partial charge in [-0.2, -0.15) is 0 Å². The molecule has 104 valence electrons. The molecule has 0 unspecified atom stereocenters. The van der Waals surface area contributed by atoms with Crippen molar-refractivity contribution in [2.24, 2.45) is 0 Å². The van der Waals surface area contributed by atoms with Gasteiger partial charge in [-0.05, 0) is 25.8 Å². The van der Waals surface area contributed by atoms with Gasteiger partial charge < -0.3 is 14.5 Å². The first-order valence-corrected chi connectivity index (χ1v) is 7.06. The topological polar surface area (TPSA) is 47.7 Å². The Morgan fingerprint density at radius 2 is 2.11 bits per heavy atom. The molecule has 19 heavy (non-hydrogen) atoms. The summed E-state index contributed by atoms with van der Waals surface area (Å²) in [5, 5.41) is 3.46. The fraction of sp³-hybridized carbons (Fsp3) is 0.571. The van der Waals surface area contributed by atoms with Crippen LogP contribution >= 0.6 is 0 Å². The van der Waals surface area contributed by atoms with E-state index in [1.54, 1.807) is 0 Å². The number of unbranched alkanes of at least 4 members (excludes halogenated alkanes) is 1. The van der Waals surface area contributed by atoms with Gasteiger partial charge in [-0.25, -0.2) is 9.97 Å². The summed E-state index contributed by atoms with van der Waals surface area (Å²) in [6.45, 7) is 6.18. The summed E-state index contributed by atoms with van der Waals surface area (Å²) < 4.78 is 4.34. The number of hydrogen-bond donors (Lipinski definition) is 1. The largest absolute Gasteiger partial charge is 0.337 e. The van der Waals surface area contributed by atoms with Crippen LogP contribution in [0.25, 0.3) is 0 Å². The standard InChI is InChI=1S/C14H23N5/c1-2-8-19-11-7-17-14(19)12-15-5-3-4-9-18-10-6-16-13-18/h6-7,10-11,13,15H,2-5,8-9,12H2,1H3. The summed E-state index contributed by atoms with van der Waals surface area (Å²) in [5.74, 6) is 1.14. The molecule has 2 aromatic heterocycles. The van der Waals surface area contributed by atoms with Crippen LogP contribution < -0.4 is 5.32 Å². The highest BCUT2D eigenvalue weighted by Crippen LogP contribution is 1.99. The molecule has 5 nitrogen and oxygen atoms in total. The maximum atomic E-state index is 4.38. The molecule has 0 aliphatic heterocycles. The minimum atomic E-state index is 0.859. The monoisotopic (exact) mass is 261 g/mol. The van der Waals surface area contributed by atoms with E-state index in [0.717, 1.165) is 38.4 Å². The van der Waals surface area contributed by atoms with Crippen LogP contribution in [0.2, 0.25) is 0 Å². The zero-order valence-corrected chi connectivity index (χ0v) is 11.6. The van der Waals surface area contributed by atoms with Crippen molar-refractivity contribution in [3.8, 4) is 0 Å². The highest BCUT2D eigenvalue weighted by Gasteiger charge is 2.00. The van der Waals surface area contributed by atoms with Crippen molar-refractivity contribution in [3.63, 3.8) is 0 Å². The summed E-state index contributed by atoms with van der Waals surface area (Å²) >= 11 is 0. The van der Waals surface area contributed by atoms with Crippen LogP contribution in [0.3, 0.4) is 0 Å². The van der Waals surface area contributed by atoms with Gasteiger partial charge in [0.2, 0.25) is 0 Å². The lowest BCUT2D eigenvalue weighted by molar-refractivity contribution is 0.545. The second-order valence-corrected chi connectivity index (χ2v) is 4.72. The Kier molecular flexibility index (Phi) is 5.62. The average Bonchev–Trinajstić information content (AvgIpc) is 3.06. The molecule has 0 saturated heterocycles. The van der Waals surface area contributed by atoms with Crippen molar-refractivity contribution in [1.29, 1.82) is 0 Å². The molecule has 2 rings (SSSR count). The fourth-order valence-corrected chi connectivity index (χ4v) is 2.12. The summed E-state index contributed by atoms with van der Waals surface area (Å²) in [6.07, 6.45) is 13.1. The number of rotatable bonds is 9. The molecular weight excluding hydrogens is 238 g/mol. The van der Waals surface area contributed by atoms with E-state index in [9.17, 15) is 0 Å². The highest BCUT2D eigenvalue weighted by molar-refractivity contribution is 4.91. The summed E-state index contributed by atoms with van der Waals surface area (Å²) in [4.78, 5) is 8.42. The Bertz CT molecular complexity index is 446. The number of hydrogen-bond acceptors (Lipinski definition) is 3. The molecule has 0 aromatic carbocycles. The van der Waals surface area contributed by atoms with Crippen molar-refractivity contribution in [2.75, 3.05) is 6.54 Å². The van der Waals surface area contributed by atoms with Crippen LogP contribution in [0, 0.1) is 0 Å². The minimum Gasteiger partial charge on any atom is -0.337 e. The summed E-state index contributed by atoms with van der Waals surface area (Å²) in [6, 6.07) is 0. The number of nitrogens with one attached hydrogen (secondary N) is 1. The van der Waals surface area contributed by atoms with E-state index in [0.29, 0.717) is 0 Å². The molecule has 0 aliphatic rings. The third-order valence-corrected chi connectivity index (χ3v) is 3.13. The van der Waals surface area contributed by atoms with Gasteiger partial charge in [0.05, 0.1) is 12.9 Å². The van der Waals surface area contributed by atoms with E-state index < -0.39 is 0 Å². The molecule has 0 bridgehead atoms. The first-order chi connectivity index (χ1) is 9.40. The Labute approximate surface area is 114 Å². The van der Waals surface area contributed by atoms with Crippen molar-refractivity contribution in [1.82, 2.24) is 24.4 Å². The zero-order chi connectivity index (χ0) is 13.3. The predicted molar refractivity (Wildman–Crippen MR) is 75.7 cm³/mol. The van der Waals surface area contributed by atoms with Crippen LogP contribution in [-0.4, -0.2) is 25.6 Å². The van der Waals surface area contributed by atoms with Gasteiger partial charge in [0.15, 0.2) is 0 Å². The molecule has 0 aliphatic carbocycles. The number of aromatic nitrogens is 4. The van der Waals surface area contributed by atoms with Crippen molar-refractivity contribution in [2.45, 2.75) is 45.8 Å². The van der Waals surface area contributed by atoms with Crippen LogP contribution in [0.5, 0.6) is 0 Å². The van der Waals surface area contributed by atoms with Gasteiger partial charge >= 0.3 is 0 Å². The molecular formula is C14H23N5. The van der Waals surface area contributed by atoms with Crippen LogP contribution in [0.1, 0.15) is 32.0 Å². The van der Waals surface area contributed by atoms with Crippen molar-refractivity contribution in [3.05, 3.63) is 36.9 Å². The number of imidazole rings is 2. The normalized spacial score (nSPS) is 11.0. The van der Waals surface area contributed by atoms with E-state index in [1.165, 1.54) is 12.8 Å². The predicted octanol–water partition coefficient (Wildman–Crippen LogP) is 2.06. The molecule has 2 aromatic rings. The third kappa shape index (κ3) is 4.52. The lowest BCUT2D eigenvalue weighted by Crippen LogP contribution is -2.18. The Morgan fingerprint density at radius 1 is 1.16 bits per heavy atom. The molecule has 0 radical (unpaired) electrons. The highest BCUT2D eigenvalue weighted by atomic mass is 15.1. The third-order valence-electron chi connectivity index (χ3n) is 3.13. The number of nitrogens with zero attached hydrogens (tertiary/aromatic N) is 4. The van der Waals surface area contributed by atoms with E-state index in [2.05, 4.69) is 37.5 Å². The van der Waals surface area contributed by atoms with E-state index >= 15 is 0 Å². The second-order valence-electron chi connectivity index (χ2n) is 4.72.